The SMILES string of the molecule is CC(O)c1csc(N2CCC(C(F)(F)F)CC2)n1. The molecule has 7 heteroatoms. The number of aromatic nitrogens is 1. The van der Waals surface area contributed by atoms with Crippen LogP contribution in [0, 0.1) is 5.92 Å². The van der Waals surface area contributed by atoms with Crippen molar-refractivity contribution in [3.8, 4) is 0 Å². The van der Waals surface area contributed by atoms with Gasteiger partial charge in [-0.1, -0.05) is 0 Å². The summed E-state index contributed by atoms with van der Waals surface area (Å²) >= 11 is 1.37. The minimum absolute atomic E-state index is 0.118. The summed E-state index contributed by atoms with van der Waals surface area (Å²) in [5.74, 6) is -1.19. The van der Waals surface area contributed by atoms with E-state index in [1.165, 1.54) is 11.3 Å². The van der Waals surface area contributed by atoms with Gasteiger partial charge in [0.1, 0.15) is 0 Å². The van der Waals surface area contributed by atoms with Crippen molar-refractivity contribution in [2.45, 2.75) is 32.0 Å². The second kappa shape index (κ2) is 5.05. The number of hydrogen-bond acceptors (Lipinski definition) is 4. The maximum Gasteiger partial charge on any atom is 0.391 e. The van der Waals surface area contributed by atoms with E-state index in [0.717, 1.165) is 0 Å². The number of aliphatic hydroxyl groups is 1. The molecule has 1 aromatic rings. The van der Waals surface area contributed by atoms with Gasteiger partial charge in [0.15, 0.2) is 5.13 Å². The van der Waals surface area contributed by atoms with Crippen molar-refractivity contribution >= 4 is 16.5 Å². The van der Waals surface area contributed by atoms with E-state index in [4.69, 9.17) is 0 Å². The van der Waals surface area contributed by atoms with E-state index >= 15 is 0 Å². The maximum absolute atomic E-state index is 12.5. The molecule has 0 aromatic carbocycles. The van der Waals surface area contributed by atoms with Crippen LogP contribution in [0.15, 0.2) is 5.38 Å². The summed E-state index contributed by atoms with van der Waals surface area (Å²) in [6.45, 7) is 2.36. The van der Waals surface area contributed by atoms with E-state index in [1.807, 2.05) is 4.90 Å². The van der Waals surface area contributed by atoms with Crippen LogP contribution in [0.4, 0.5) is 18.3 Å². The quantitative estimate of drug-likeness (QED) is 0.904. The minimum atomic E-state index is -4.08. The van der Waals surface area contributed by atoms with Gasteiger partial charge in [0.25, 0.3) is 0 Å². The smallest absolute Gasteiger partial charge is 0.387 e. The summed E-state index contributed by atoms with van der Waals surface area (Å²) in [6, 6.07) is 0. The first-order valence-corrected chi connectivity index (χ1v) is 6.71. The molecule has 3 nitrogen and oxygen atoms in total. The first-order valence-electron chi connectivity index (χ1n) is 5.83. The number of thiazole rings is 1. The highest BCUT2D eigenvalue weighted by Crippen LogP contribution is 2.36. The molecule has 0 bridgehead atoms. The lowest BCUT2D eigenvalue weighted by atomic mass is 9.97. The number of piperidine rings is 1. The Bertz CT molecular complexity index is 397. The standard InChI is InChI=1S/C11H15F3N2OS/c1-7(17)9-6-18-10(15-9)16-4-2-8(3-5-16)11(12,13)14/h6-8,17H,2-5H2,1H3. The molecule has 102 valence electrons. The predicted molar refractivity (Wildman–Crippen MR) is 63.7 cm³/mol. The van der Waals surface area contributed by atoms with Gasteiger partial charge < -0.3 is 10.0 Å². The molecule has 1 aromatic heterocycles. The fourth-order valence-corrected chi connectivity index (χ4v) is 2.98. The van der Waals surface area contributed by atoms with Crippen molar-refractivity contribution in [1.82, 2.24) is 4.98 Å². The van der Waals surface area contributed by atoms with Crippen LogP contribution in [0.1, 0.15) is 31.6 Å². The summed E-state index contributed by atoms with van der Waals surface area (Å²) in [6.07, 6.45) is -4.48. The zero-order valence-corrected chi connectivity index (χ0v) is 10.8. The van der Waals surface area contributed by atoms with E-state index in [-0.39, 0.29) is 12.8 Å². The summed E-state index contributed by atoms with van der Waals surface area (Å²) < 4.78 is 37.5. The maximum atomic E-state index is 12.5. The van der Waals surface area contributed by atoms with Crippen LogP contribution in [0.3, 0.4) is 0 Å². The number of anilines is 1. The van der Waals surface area contributed by atoms with Crippen LogP contribution in [0.25, 0.3) is 0 Å². The Balaban J connectivity index is 1.97. The van der Waals surface area contributed by atoms with E-state index in [1.54, 1.807) is 12.3 Å². The number of nitrogens with zero attached hydrogens (tertiary/aromatic N) is 2. The number of halogens is 3. The highest BCUT2D eigenvalue weighted by atomic mass is 32.1. The Labute approximate surface area is 107 Å². The van der Waals surface area contributed by atoms with Gasteiger partial charge in [0.2, 0.25) is 0 Å². The first kappa shape index (κ1) is 13.6. The van der Waals surface area contributed by atoms with Gasteiger partial charge in [-0.25, -0.2) is 4.98 Å². The molecule has 0 saturated carbocycles. The van der Waals surface area contributed by atoms with Crippen LogP contribution in [0.5, 0.6) is 0 Å². The Kier molecular flexibility index (Phi) is 3.82. The largest absolute Gasteiger partial charge is 0.391 e. The third-order valence-electron chi connectivity index (χ3n) is 3.17. The van der Waals surface area contributed by atoms with Crippen LogP contribution in [0.2, 0.25) is 0 Å². The molecule has 1 saturated heterocycles. The molecule has 1 N–H and O–H groups in total. The average molecular weight is 280 g/mol. The van der Waals surface area contributed by atoms with Crippen molar-refractivity contribution in [2.24, 2.45) is 5.92 Å². The second-order valence-electron chi connectivity index (χ2n) is 4.53. The minimum Gasteiger partial charge on any atom is -0.387 e. The van der Waals surface area contributed by atoms with Crippen LogP contribution >= 0.6 is 11.3 Å². The van der Waals surface area contributed by atoms with Crippen molar-refractivity contribution in [2.75, 3.05) is 18.0 Å². The molecule has 2 heterocycles. The Morgan fingerprint density at radius 1 is 1.44 bits per heavy atom. The van der Waals surface area contributed by atoms with Gasteiger partial charge in [0.05, 0.1) is 17.7 Å². The Morgan fingerprint density at radius 3 is 2.50 bits per heavy atom. The monoisotopic (exact) mass is 280 g/mol. The van der Waals surface area contributed by atoms with E-state index in [2.05, 4.69) is 4.98 Å². The average Bonchev–Trinajstić information content (AvgIpc) is 2.77. The van der Waals surface area contributed by atoms with E-state index in [9.17, 15) is 18.3 Å². The topological polar surface area (TPSA) is 36.4 Å². The van der Waals surface area contributed by atoms with Crippen molar-refractivity contribution in [1.29, 1.82) is 0 Å². The van der Waals surface area contributed by atoms with Crippen molar-refractivity contribution in [3.63, 3.8) is 0 Å². The third-order valence-corrected chi connectivity index (χ3v) is 4.09. The molecule has 1 atom stereocenters. The molecule has 1 aliphatic rings. The highest BCUT2D eigenvalue weighted by molar-refractivity contribution is 7.13. The summed E-state index contributed by atoms with van der Waals surface area (Å²) in [7, 11) is 0. The summed E-state index contributed by atoms with van der Waals surface area (Å²) in [5, 5.41) is 11.8. The first-order chi connectivity index (χ1) is 8.38. The fourth-order valence-electron chi connectivity index (χ4n) is 2.01. The zero-order valence-electron chi connectivity index (χ0n) is 9.94. The van der Waals surface area contributed by atoms with Crippen LogP contribution < -0.4 is 4.90 Å². The molecule has 0 spiro atoms. The summed E-state index contributed by atoms with van der Waals surface area (Å²) in [5.41, 5.74) is 0.577. The van der Waals surface area contributed by atoms with Gasteiger partial charge in [-0.05, 0) is 19.8 Å². The molecule has 1 unspecified atom stereocenters. The normalized spacial score (nSPS) is 20.2. The number of hydrogen-bond donors (Lipinski definition) is 1. The lowest BCUT2D eigenvalue weighted by Gasteiger charge is -2.32. The molecule has 0 aliphatic carbocycles. The molecule has 18 heavy (non-hydrogen) atoms. The van der Waals surface area contributed by atoms with Crippen LogP contribution in [-0.2, 0) is 0 Å². The molecule has 2 rings (SSSR count). The highest BCUT2D eigenvalue weighted by Gasteiger charge is 2.41. The number of rotatable bonds is 2. The van der Waals surface area contributed by atoms with Gasteiger partial charge in [-0.15, -0.1) is 11.3 Å². The molecular formula is C11H15F3N2OS. The van der Waals surface area contributed by atoms with Crippen molar-refractivity contribution in [3.05, 3.63) is 11.1 Å². The lowest BCUT2D eigenvalue weighted by molar-refractivity contribution is -0.179. The van der Waals surface area contributed by atoms with Gasteiger partial charge in [0, 0.05) is 18.5 Å². The Morgan fingerprint density at radius 2 is 2.06 bits per heavy atom. The Hall–Kier alpha value is -0.820. The van der Waals surface area contributed by atoms with E-state index < -0.39 is 18.2 Å². The molecule has 0 radical (unpaired) electrons. The zero-order chi connectivity index (χ0) is 13.3. The third kappa shape index (κ3) is 2.95. The molecular weight excluding hydrogens is 265 g/mol. The van der Waals surface area contributed by atoms with Gasteiger partial charge in [-0.3, -0.25) is 0 Å². The number of alkyl halides is 3. The van der Waals surface area contributed by atoms with Crippen molar-refractivity contribution < 1.29 is 18.3 Å². The van der Waals surface area contributed by atoms with Gasteiger partial charge >= 0.3 is 6.18 Å². The molecule has 0 amide bonds. The van der Waals surface area contributed by atoms with E-state index in [0.29, 0.717) is 23.9 Å². The molecule has 1 fully saturated rings. The lowest BCUT2D eigenvalue weighted by Crippen LogP contribution is -2.38. The van der Waals surface area contributed by atoms with Crippen LogP contribution in [-0.4, -0.2) is 29.4 Å². The van der Waals surface area contributed by atoms with Gasteiger partial charge in [-0.2, -0.15) is 13.2 Å². The number of aliphatic hydroxyl groups excluding tert-OH is 1. The fraction of sp³-hybridized carbons (Fsp3) is 0.727. The second-order valence-corrected chi connectivity index (χ2v) is 5.37. The summed E-state index contributed by atoms with van der Waals surface area (Å²) in [4.78, 5) is 6.09. The predicted octanol–water partition coefficient (Wildman–Crippen LogP) is 2.98. The molecule has 1 aliphatic heterocycles.